The van der Waals surface area contributed by atoms with E-state index in [1.807, 2.05) is 24.3 Å². The van der Waals surface area contributed by atoms with Crippen LogP contribution in [0.15, 0.2) is 48.5 Å². The summed E-state index contributed by atoms with van der Waals surface area (Å²) in [6.07, 6.45) is 3.24. The minimum absolute atomic E-state index is 0.0510. The Balaban J connectivity index is 1.19. The zero-order valence-corrected chi connectivity index (χ0v) is 18.4. The lowest BCUT2D eigenvalue weighted by atomic mass is 9.86. The van der Waals surface area contributed by atoms with Crippen LogP contribution in [0.2, 0.25) is 0 Å². The van der Waals surface area contributed by atoms with E-state index in [-0.39, 0.29) is 25.0 Å². The van der Waals surface area contributed by atoms with E-state index in [0.717, 1.165) is 35.1 Å². The minimum atomic E-state index is -0.999. The van der Waals surface area contributed by atoms with Crippen molar-refractivity contribution in [2.24, 2.45) is 5.41 Å². The Morgan fingerprint density at radius 3 is 2.03 bits per heavy atom. The van der Waals surface area contributed by atoms with Crippen LogP contribution in [0.4, 0.5) is 4.79 Å². The van der Waals surface area contributed by atoms with Crippen LogP contribution < -0.4 is 10.6 Å². The van der Waals surface area contributed by atoms with E-state index in [1.165, 1.54) is 0 Å². The lowest BCUT2D eigenvalue weighted by molar-refractivity contribution is -0.148. The SMILES string of the molecule is O=C(NC1(C(=O)NCC2(C(=O)O)CCCC2)CC1)OCC1c2ccccc2-c2ccccc21. The van der Waals surface area contributed by atoms with Gasteiger partial charge in [0, 0.05) is 12.5 Å². The topological polar surface area (TPSA) is 105 Å². The molecule has 0 unspecified atom stereocenters. The second-order valence-corrected chi connectivity index (χ2v) is 9.51. The molecule has 5 rings (SSSR count). The van der Waals surface area contributed by atoms with Crippen LogP contribution in [-0.2, 0) is 14.3 Å². The summed E-state index contributed by atoms with van der Waals surface area (Å²) in [6.45, 7) is 0.273. The largest absolute Gasteiger partial charge is 0.481 e. The molecule has 0 aromatic heterocycles. The second-order valence-electron chi connectivity index (χ2n) is 9.51. The lowest BCUT2D eigenvalue weighted by Gasteiger charge is -2.26. The van der Waals surface area contributed by atoms with Gasteiger partial charge in [-0.15, -0.1) is 0 Å². The highest BCUT2D eigenvalue weighted by atomic mass is 16.5. The van der Waals surface area contributed by atoms with Crippen molar-refractivity contribution >= 4 is 18.0 Å². The maximum Gasteiger partial charge on any atom is 0.408 e. The molecule has 2 fully saturated rings. The third kappa shape index (κ3) is 3.86. The molecule has 7 nitrogen and oxygen atoms in total. The van der Waals surface area contributed by atoms with Gasteiger partial charge < -0.3 is 20.5 Å². The van der Waals surface area contributed by atoms with Crippen LogP contribution in [0.5, 0.6) is 0 Å². The molecule has 0 radical (unpaired) electrons. The summed E-state index contributed by atoms with van der Waals surface area (Å²) >= 11 is 0. The van der Waals surface area contributed by atoms with Gasteiger partial charge in [-0.05, 0) is 47.9 Å². The lowest BCUT2D eigenvalue weighted by Crippen LogP contribution is -2.52. The Labute approximate surface area is 192 Å². The Morgan fingerprint density at radius 1 is 0.909 bits per heavy atom. The van der Waals surface area contributed by atoms with E-state index in [0.29, 0.717) is 25.7 Å². The fourth-order valence-electron chi connectivity index (χ4n) is 5.30. The molecule has 0 heterocycles. The minimum Gasteiger partial charge on any atom is -0.481 e. The molecule has 2 saturated carbocycles. The summed E-state index contributed by atoms with van der Waals surface area (Å²) in [6, 6.07) is 16.2. The van der Waals surface area contributed by atoms with E-state index in [4.69, 9.17) is 4.74 Å². The smallest absolute Gasteiger partial charge is 0.408 e. The maximum absolute atomic E-state index is 12.8. The molecule has 3 N–H and O–H groups in total. The summed E-state index contributed by atoms with van der Waals surface area (Å²) in [5.74, 6) is -1.25. The molecular formula is C26H28N2O5. The standard InChI is InChI=1S/C26H28N2O5/c29-22(27-16-25(23(30)31)11-5-6-12-25)26(13-14-26)28-24(32)33-15-21-19-9-3-1-7-17(19)18-8-2-4-10-20(18)21/h1-4,7-10,21H,5-6,11-16H2,(H,27,29)(H,28,32)(H,30,31). The molecule has 0 spiro atoms. The van der Waals surface area contributed by atoms with Crippen LogP contribution in [-0.4, -0.2) is 41.8 Å². The van der Waals surface area contributed by atoms with Gasteiger partial charge in [0.15, 0.2) is 0 Å². The molecule has 2 aromatic rings. The van der Waals surface area contributed by atoms with Crippen molar-refractivity contribution in [2.45, 2.75) is 50.0 Å². The molecule has 7 heteroatoms. The Hall–Kier alpha value is -3.35. The number of carboxylic acid groups (broad SMARTS) is 1. The third-order valence-electron chi connectivity index (χ3n) is 7.47. The number of rotatable bonds is 7. The average Bonchev–Trinajstić information content (AvgIpc) is 3.30. The molecule has 2 aromatic carbocycles. The van der Waals surface area contributed by atoms with Crippen molar-refractivity contribution in [3.8, 4) is 11.1 Å². The van der Waals surface area contributed by atoms with E-state index in [2.05, 4.69) is 34.9 Å². The summed E-state index contributed by atoms with van der Waals surface area (Å²) in [7, 11) is 0. The first kappa shape index (κ1) is 21.5. The van der Waals surface area contributed by atoms with E-state index in [9.17, 15) is 19.5 Å². The number of amides is 2. The van der Waals surface area contributed by atoms with Crippen LogP contribution in [0.25, 0.3) is 11.1 Å². The molecule has 2 amide bonds. The fraction of sp³-hybridized carbons (Fsp3) is 0.423. The van der Waals surface area contributed by atoms with Gasteiger partial charge >= 0.3 is 12.1 Å². The molecule has 3 aliphatic rings. The van der Waals surface area contributed by atoms with Gasteiger partial charge in [0.2, 0.25) is 5.91 Å². The predicted octanol–water partition coefficient (Wildman–Crippen LogP) is 3.82. The number of aliphatic carboxylic acids is 1. The summed E-state index contributed by atoms with van der Waals surface area (Å²) < 4.78 is 5.58. The van der Waals surface area contributed by atoms with Crippen LogP contribution in [0, 0.1) is 5.41 Å². The van der Waals surface area contributed by atoms with Gasteiger partial charge in [-0.1, -0.05) is 61.4 Å². The monoisotopic (exact) mass is 448 g/mol. The maximum atomic E-state index is 12.8. The van der Waals surface area contributed by atoms with Gasteiger partial charge in [0.05, 0.1) is 5.41 Å². The van der Waals surface area contributed by atoms with E-state index in [1.54, 1.807) is 0 Å². The molecule has 3 aliphatic carbocycles. The van der Waals surface area contributed by atoms with Crippen LogP contribution in [0.1, 0.15) is 55.6 Å². The summed E-state index contributed by atoms with van der Waals surface area (Å²) in [4.78, 5) is 37.1. The average molecular weight is 449 g/mol. The fourth-order valence-corrected chi connectivity index (χ4v) is 5.30. The van der Waals surface area contributed by atoms with Gasteiger partial charge in [0.25, 0.3) is 0 Å². The molecule has 33 heavy (non-hydrogen) atoms. The number of nitrogens with one attached hydrogen (secondary N) is 2. The Kier molecular flexibility index (Phi) is 5.35. The number of carbonyl (C=O) groups is 3. The molecule has 0 aliphatic heterocycles. The molecular weight excluding hydrogens is 420 g/mol. The van der Waals surface area contributed by atoms with E-state index >= 15 is 0 Å². The molecule has 172 valence electrons. The van der Waals surface area contributed by atoms with Crippen molar-refractivity contribution in [2.75, 3.05) is 13.2 Å². The Bertz CT molecular complexity index is 1060. The van der Waals surface area contributed by atoms with Crippen molar-refractivity contribution < 1.29 is 24.2 Å². The second kappa shape index (κ2) is 8.21. The number of carboxylic acids is 1. The number of hydrogen-bond acceptors (Lipinski definition) is 4. The number of benzene rings is 2. The van der Waals surface area contributed by atoms with Gasteiger partial charge in [-0.25, -0.2) is 4.79 Å². The molecule has 0 saturated heterocycles. The molecule has 0 bridgehead atoms. The number of ether oxygens (including phenoxy) is 1. The zero-order valence-electron chi connectivity index (χ0n) is 18.4. The highest BCUT2D eigenvalue weighted by Crippen LogP contribution is 2.45. The first-order valence-corrected chi connectivity index (χ1v) is 11.6. The van der Waals surface area contributed by atoms with Crippen molar-refractivity contribution in [1.82, 2.24) is 10.6 Å². The molecule has 0 atom stereocenters. The quantitative estimate of drug-likeness (QED) is 0.597. The van der Waals surface area contributed by atoms with Gasteiger partial charge in [-0.2, -0.15) is 0 Å². The highest BCUT2D eigenvalue weighted by Gasteiger charge is 2.52. The summed E-state index contributed by atoms with van der Waals surface area (Å²) in [5, 5.41) is 15.1. The van der Waals surface area contributed by atoms with Crippen molar-refractivity contribution in [3.63, 3.8) is 0 Å². The number of hydrogen-bond donors (Lipinski definition) is 3. The van der Waals surface area contributed by atoms with Crippen LogP contribution >= 0.6 is 0 Å². The summed E-state index contributed by atoms with van der Waals surface area (Å²) in [5.41, 5.74) is 2.66. The number of carbonyl (C=O) groups excluding carboxylic acids is 2. The third-order valence-corrected chi connectivity index (χ3v) is 7.47. The first-order chi connectivity index (χ1) is 15.9. The van der Waals surface area contributed by atoms with Gasteiger partial charge in [-0.3, -0.25) is 9.59 Å². The normalized spacial score (nSPS) is 19.3. The van der Waals surface area contributed by atoms with Crippen molar-refractivity contribution in [3.05, 3.63) is 59.7 Å². The highest BCUT2D eigenvalue weighted by molar-refractivity contribution is 5.93. The number of fused-ring (bicyclic) bond motifs is 3. The first-order valence-electron chi connectivity index (χ1n) is 11.6. The number of alkyl carbamates (subject to hydrolysis) is 1. The van der Waals surface area contributed by atoms with Gasteiger partial charge in [0.1, 0.15) is 12.1 Å². The Morgan fingerprint density at radius 2 is 1.48 bits per heavy atom. The zero-order chi connectivity index (χ0) is 23.1. The van der Waals surface area contributed by atoms with Crippen molar-refractivity contribution in [1.29, 1.82) is 0 Å². The van der Waals surface area contributed by atoms with E-state index < -0.39 is 23.0 Å². The predicted molar refractivity (Wildman–Crippen MR) is 122 cm³/mol. The van der Waals surface area contributed by atoms with Crippen LogP contribution in [0.3, 0.4) is 0 Å².